The lowest BCUT2D eigenvalue weighted by Gasteiger charge is -2.37. The zero-order valence-corrected chi connectivity index (χ0v) is 14.5. The number of fused-ring (bicyclic) bond motifs is 1. The van der Waals surface area contributed by atoms with E-state index in [4.69, 9.17) is 4.74 Å². The summed E-state index contributed by atoms with van der Waals surface area (Å²) in [7, 11) is 1.83. The zero-order chi connectivity index (χ0) is 16.7. The van der Waals surface area contributed by atoms with Gasteiger partial charge in [0.15, 0.2) is 0 Å². The number of carbonyl (C=O) groups excluding carboxylic acids is 1. The summed E-state index contributed by atoms with van der Waals surface area (Å²) in [5.74, 6) is 0.905. The Morgan fingerprint density at radius 2 is 2.13 bits per heavy atom. The van der Waals surface area contributed by atoms with Crippen molar-refractivity contribution in [1.29, 1.82) is 0 Å². The summed E-state index contributed by atoms with van der Waals surface area (Å²) in [6.07, 6.45) is 3.34. The van der Waals surface area contributed by atoms with Gasteiger partial charge in [-0.3, -0.25) is 0 Å². The zero-order valence-electron chi connectivity index (χ0n) is 14.5. The van der Waals surface area contributed by atoms with Gasteiger partial charge in [0.1, 0.15) is 11.9 Å². The highest BCUT2D eigenvalue weighted by atomic mass is 16.5. The molecule has 0 aromatic heterocycles. The van der Waals surface area contributed by atoms with Crippen LogP contribution in [0.15, 0.2) is 24.3 Å². The van der Waals surface area contributed by atoms with Gasteiger partial charge in [-0.05, 0) is 25.5 Å². The third-order valence-electron chi connectivity index (χ3n) is 4.19. The highest BCUT2D eigenvalue weighted by molar-refractivity contribution is 5.73. The minimum absolute atomic E-state index is 0.00348. The van der Waals surface area contributed by atoms with Crippen LogP contribution in [-0.4, -0.2) is 50.3 Å². The van der Waals surface area contributed by atoms with Crippen molar-refractivity contribution in [3.05, 3.63) is 24.3 Å². The molecule has 2 amide bonds. The normalized spacial score (nSPS) is 16.5. The third-order valence-corrected chi connectivity index (χ3v) is 4.19. The van der Waals surface area contributed by atoms with Crippen molar-refractivity contribution in [1.82, 2.24) is 10.2 Å². The molecule has 0 fully saturated rings. The fourth-order valence-corrected chi connectivity index (χ4v) is 2.87. The highest BCUT2D eigenvalue weighted by Crippen LogP contribution is 2.32. The molecule has 0 unspecified atom stereocenters. The Balaban J connectivity index is 1.87. The molecule has 0 radical (unpaired) electrons. The molecular formula is C18H29N3O2. The standard InChI is InChI=1S/C18H29N3O2/c1-4-6-9-12-19-18(22)20(3)13-15-14-21(5-2)16-10-7-8-11-17(16)23-15/h7-8,10-11,15H,4-6,9,12-14H2,1-3H3,(H,19,22)/t15-/m0/s1. The fourth-order valence-electron chi connectivity index (χ4n) is 2.87. The molecule has 2 rings (SSSR count). The smallest absolute Gasteiger partial charge is 0.317 e. The summed E-state index contributed by atoms with van der Waals surface area (Å²) >= 11 is 0. The number of hydrogen-bond donors (Lipinski definition) is 1. The molecule has 5 nitrogen and oxygen atoms in total. The number of carbonyl (C=O) groups is 1. The van der Waals surface area contributed by atoms with Crippen LogP contribution in [0.3, 0.4) is 0 Å². The number of likely N-dealkylation sites (N-methyl/N-ethyl adjacent to an activating group) is 2. The maximum absolute atomic E-state index is 12.1. The van der Waals surface area contributed by atoms with E-state index in [9.17, 15) is 4.79 Å². The van der Waals surface area contributed by atoms with Crippen LogP contribution in [-0.2, 0) is 0 Å². The Morgan fingerprint density at radius 3 is 2.87 bits per heavy atom. The first-order valence-electron chi connectivity index (χ1n) is 8.65. The summed E-state index contributed by atoms with van der Waals surface area (Å²) in [6.45, 7) is 7.37. The molecule has 0 saturated carbocycles. The number of ether oxygens (including phenoxy) is 1. The number of benzene rings is 1. The summed E-state index contributed by atoms with van der Waals surface area (Å²) in [5, 5.41) is 2.97. The van der Waals surface area contributed by atoms with Crippen molar-refractivity contribution in [2.24, 2.45) is 0 Å². The van der Waals surface area contributed by atoms with Crippen molar-refractivity contribution in [2.45, 2.75) is 39.2 Å². The highest BCUT2D eigenvalue weighted by Gasteiger charge is 2.26. The lowest BCUT2D eigenvalue weighted by Crippen LogP contribution is -2.49. The average Bonchev–Trinajstić information content (AvgIpc) is 2.57. The number of nitrogens with zero attached hydrogens (tertiary/aromatic N) is 2. The van der Waals surface area contributed by atoms with Crippen LogP contribution in [0.1, 0.15) is 33.1 Å². The molecule has 0 aliphatic carbocycles. The second-order valence-electron chi connectivity index (χ2n) is 6.07. The molecule has 1 aromatic rings. The van der Waals surface area contributed by atoms with Gasteiger partial charge in [-0.15, -0.1) is 0 Å². The van der Waals surface area contributed by atoms with E-state index in [0.717, 1.165) is 50.3 Å². The second kappa shape index (κ2) is 8.65. The topological polar surface area (TPSA) is 44.8 Å². The van der Waals surface area contributed by atoms with Gasteiger partial charge in [0.25, 0.3) is 0 Å². The number of para-hydroxylation sites is 2. The van der Waals surface area contributed by atoms with Gasteiger partial charge >= 0.3 is 6.03 Å². The Hall–Kier alpha value is -1.91. The van der Waals surface area contributed by atoms with Crippen molar-refractivity contribution in [3.8, 4) is 5.75 Å². The van der Waals surface area contributed by atoms with Crippen molar-refractivity contribution in [2.75, 3.05) is 38.1 Å². The monoisotopic (exact) mass is 319 g/mol. The molecule has 128 valence electrons. The number of amides is 2. The van der Waals surface area contributed by atoms with Crippen molar-refractivity contribution >= 4 is 11.7 Å². The van der Waals surface area contributed by atoms with E-state index in [1.165, 1.54) is 0 Å². The number of rotatable bonds is 7. The Kier molecular flexibility index (Phi) is 6.56. The van der Waals surface area contributed by atoms with Crippen LogP contribution in [0, 0.1) is 0 Å². The lowest BCUT2D eigenvalue weighted by molar-refractivity contribution is 0.145. The van der Waals surface area contributed by atoms with Gasteiger partial charge in [-0.1, -0.05) is 31.9 Å². The van der Waals surface area contributed by atoms with Gasteiger partial charge in [-0.2, -0.15) is 0 Å². The van der Waals surface area contributed by atoms with E-state index >= 15 is 0 Å². The van der Waals surface area contributed by atoms with E-state index in [1.807, 2.05) is 25.2 Å². The Labute approximate surface area is 139 Å². The van der Waals surface area contributed by atoms with Crippen LogP contribution in [0.2, 0.25) is 0 Å². The summed E-state index contributed by atoms with van der Waals surface area (Å²) < 4.78 is 6.06. The Morgan fingerprint density at radius 1 is 1.35 bits per heavy atom. The fraction of sp³-hybridized carbons (Fsp3) is 0.611. The van der Waals surface area contributed by atoms with Crippen molar-refractivity contribution in [3.63, 3.8) is 0 Å². The van der Waals surface area contributed by atoms with E-state index in [1.54, 1.807) is 4.90 Å². The first-order valence-corrected chi connectivity index (χ1v) is 8.65. The minimum atomic E-state index is -0.0217. The third kappa shape index (κ3) is 4.78. The van der Waals surface area contributed by atoms with Crippen molar-refractivity contribution < 1.29 is 9.53 Å². The van der Waals surface area contributed by atoms with E-state index in [2.05, 4.69) is 30.1 Å². The molecule has 5 heteroatoms. The van der Waals surface area contributed by atoms with Crippen LogP contribution in [0.4, 0.5) is 10.5 Å². The number of unbranched alkanes of at least 4 members (excludes halogenated alkanes) is 2. The number of urea groups is 1. The molecule has 0 saturated heterocycles. The van der Waals surface area contributed by atoms with E-state index < -0.39 is 0 Å². The molecule has 0 bridgehead atoms. The maximum Gasteiger partial charge on any atom is 0.317 e. The van der Waals surface area contributed by atoms with E-state index in [0.29, 0.717) is 6.54 Å². The quantitative estimate of drug-likeness (QED) is 0.786. The molecule has 23 heavy (non-hydrogen) atoms. The molecule has 1 aromatic carbocycles. The average molecular weight is 319 g/mol. The maximum atomic E-state index is 12.1. The predicted molar refractivity (Wildman–Crippen MR) is 94.3 cm³/mol. The number of hydrogen-bond acceptors (Lipinski definition) is 3. The minimum Gasteiger partial charge on any atom is -0.485 e. The Bertz CT molecular complexity index is 507. The molecule has 0 spiro atoms. The summed E-state index contributed by atoms with van der Waals surface area (Å²) in [5.41, 5.74) is 1.14. The van der Waals surface area contributed by atoms with Crippen LogP contribution in [0.25, 0.3) is 0 Å². The molecule has 1 N–H and O–H groups in total. The first kappa shape index (κ1) is 17.4. The molecule has 1 atom stereocenters. The van der Waals surface area contributed by atoms with Crippen LogP contribution in [0.5, 0.6) is 5.75 Å². The summed E-state index contributed by atoms with van der Waals surface area (Å²) in [4.78, 5) is 16.1. The predicted octanol–water partition coefficient (Wildman–Crippen LogP) is 3.11. The van der Waals surface area contributed by atoms with Crippen LogP contribution < -0.4 is 15.0 Å². The molecule has 1 aliphatic heterocycles. The van der Waals surface area contributed by atoms with Gasteiger partial charge in [0.2, 0.25) is 0 Å². The summed E-state index contributed by atoms with van der Waals surface area (Å²) in [6, 6.07) is 8.07. The van der Waals surface area contributed by atoms with Gasteiger partial charge < -0.3 is 19.9 Å². The number of anilines is 1. The second-order valence-corrected chi connectivity index (χ2v) is 6.07. The molecule has 1 aliphatic rings. The lowest BCUT2D eigenvalue weighted by atomic mass is 10.2. The van der Waals surface area contributed by atoms with E-state index in [-0.39, 0.29) is 12.1 Å². The molecular weight excluding hydrogens is 290 g/mol. The molecule has 1 heterocycles. The van der Waals surface area contributed by atoms with Gasteiger partial charge in [0, 0.05) is 20.1 Å². The largest absolute Gasteiger partial charge is 0.485 e. The number of nitrogens with one attached hydrogen (secondary N) is 1. The SMILES string of the molecule is CCCCCNC(=O)N(C)C[C@H]1CN(CC)c2ccccc2O1. The van der Waals surface area contributed by atoms with Gasteiger partial charge in [0.05, 0.1) is 18.8 Å². The van der Waals surface area contributed by atoms with Gasteiger partial charge in [-0.25, -0.2) is 4.79 Å². The first-order chi connectivity index (χ1) is 11.2. The van der Waals surface area contributed by atoms with Crippen LogP contribution >= 0.6 is 0 Å².